The molecule has 1 aliphatic heterocycles. The van der Waals surface area contributed by atoms with E-state index >= 15 is 0 Å². The summed E-state index contributed by atoms with van der Waals surface area (Å²) in [6, 6.07) is 1.15. The Morgan fingerprint density at radius 2 is 2.00 bits per heavy atom. The van der Waals surface area contributed by atoms with Crippen molar-refractivity contribution in [1.82, 2.24) is 10.2 Å². The number of hydrogen-bond donors (Lipinski definition) is 1. The Hall–Kier alpha value is -0.830. The highest BCUT2D eigenvalue weighted by Crippen LogP contribution is 2.25. The molecule has 2 fully saturated rings. The summed E-state index contributed by atoms with van der Waals surface area (Å²) in [4.78, 5) is 14.0. The Bertz CT molecular complexity index is 282. The van der Waals surface area contributed by atoms with E-state index in [0.717, 1.165) is 25.6 Å². The molecule has 1 heterocycles. The summed E-state index contributed by atoms with van der Waals surface area (Å²) < 4.78 is 0. The maximum Gasteiger partial charge on any atom is 0.243 e. The van der Waals surface area contributed by atoms with Crippen molar-refractivity contribution in [2.45, 2.75) is 57.5 Å². The highest BCUT2D eigenvalue weighted by atomic mass is 16.1. The highest BCUT2D eigenvalue weighted by molar-refractivity contribution is 5.87. The van der Waals surface area contributed by atoms with E-state index in [1.165, 1.54) is 32.1 Å². The summed E-state index contributed by atoms with van der Waals surface area (Å²) in [5.41, 5.74) is 0. The Labute approximate surface area is 104 Å². The summed E-state index contributed by atoms with van der Waals surface area (Å²) >= 11 is 0. The van der Waals surface area contributed by atoms with E-state index in [1.54, 1.807) is 12.2 Å². The number of carbonyl (C=O) groups is 1. The Morgan fingerprint density at radius 3 is 2.71 bits per heavy atom. The molecule has 3 heteroatoms. The number of hydrogen-bond acceptors (Lipinski definition) is 2. The van der Waals surface area contributed by atoms with E-state index in [4.69, 9.17) is 0 Å². The molecule has 1 atom stereocenters. The van der Waals surface area contributed by atoms with Crippen LogP contribution in [0.5, 0.6) is 0 Å². The molecule has 1 saturated carbocycles. The number of nitrogens with zero attached hydrogens (tertiary/aromatic N) is 1. The first-order valence-electron chi connectivity index (χ1n) is 6.97. The molecular formula is C14H24N2O. The lowest BCUT2D eigenvalue weighted by Gasteiger charge is -2.31. The van der Waals surface area contributed by atoms with Gasteiger partial charge in [-0.3, -0.25) is 9.69 Å². The largest absolute Gasteiger partial charge is 0.348 e. The molecule has 1 saturated heterocycles. The Morgan fingerprint density at radius 1 is 1.24 bits per heavy atom. The van der Waals surface area contributed by atoms with Gasteiger partial charge in [0.1, 0.15) is 0 Å². The predicted octanol–water partition coefficient (Wildman–Crippen LogP) is 2.09. The molecule has 0 spiro atoms. The SMILES string of the molecule is C/C=C/C(=O)NC1CCN(C2CCCCC2)C1. The molecule has 96 valence electrons. The van der Waals surface area contributed by atoms with Gasteiger partial charge in [-0.2, -0.15) is 0 Å². The van der Waals surface area contributed by atoms with Crippen molar-refractivity contribution >= 4 is 5.91 Å². The van der Waals surface area contributed by atoms with Crippen LogP contribution < -0.4 is 5.32 Å². The Balaban J connectivity index is 1.76. The van der Waals surface area contributed by atoms with Gasteiger partial charge in [0.05, 0.1) is 0 Å². The molecule has 3 nitrogen and oxygen atoms in total. The van der Waals surface area contributed by atoms with E-state index in [2.05, 4.69) is 10.2 Å². The van der Waals surface area contributed by atoms with Crippen molar-refractivity contribution < 1.29 is 4.79 Å². The lowest BCUT2D eigenvalue weighted by Crippen LogP contribution is -2.40. The van der Waals surface area contributed by atoms with Gasteiger partial charge in [-0.05, 0) is 32.3 Å². The zero-order valence-corrected chi connectivity index (χ0v) is 10.8. The summed E-state index contributed by atoms with van der Waals surface area (Å²) in [5.74, 6) is 0.0583. The second-order valence-electron chi connectivity index (χ2n) is 5.28. The maximum absolute atomic E-state index is 11.5. The first-order chi connectivity index (χ1) is 8.29. The van der Waals surface area contributed by atoms with Crippen LogP contribution >= 0.6 is 0 Å². The third-order valence-electron chi connectivity index (χ3n) is 3.98. The predicted molar refractivity (Wildman–Crippen MR) is 69.8 cm³/mol. The van der Waals surface area contributed by atoms with Crippen molar-refractivity contribution in [1.29, 1.82) is 0 Å². The van der Waals surface area contributed by atoms with Crippen molar-refractivity contribution in [3.63, 3.8) is 0 Å². The van der Waals surface area contributed by atoms with Gasteiger partial charge in [0.2, 0.25) is 5.91 Å². The Kier molecular flexibility index (Phi) is 4.60. The van der Waals surface area contributed by atoms with Gasteiger partial charge >= 0.3 is 0 Å². The van der Waals surface area contributed by atoms with Crippen LogP contribution in [-0.2, 0) is 4.79 Å². The molecule has 0 aromatic rings. The minimum atomic E-state index is 0.0583. The summed E-state index contributed by atoms with van der Waals surface area (Å²) in [6.07, 6.45) is 11.4. The van der Waals surface area contributed by atoms with Crippen LogP contribution in [0.25, 0.3) is 0 Å². The minimum Gasteiger partial charge on any atom is -0.348 e. The molecule has 0 bridgehead atoms. The molecule has 1 unspecified atom stereocenters. The second kappa shape index (κ2) is 6.20. The van der Waals surface area contributed by atoms with Gasteiger partial charge in [-0.25, -0.2) is 0 Å². The molecule has 1 N–H and O–H groups in total. The third kappa shape index (κ3) is 3.56. The number of carbonyl (C=O) groups excluding carboxylic acids is 1. The van der Waals surface area contributed by atoms with Crippen LogP contribution in [0.4, 0.5) is 0 Å². The smallest absolute Gasteiger partial charge is 0.243 e. The fraction of sp³-hybridized carbons (Fsp3) is 0.786. The number of nitrogens with one attached hydrogen (secondary N) is 1. The fourth-order valence-corrected chi connectivity index (χ4v) is 3.08. The summed E-state index contributed by atoms with van der Waals surface area (Å²) in [6.45, 7) is 4.09. The molecule has 0 aromatic carbocycles. The van der Waals surface area contributed by atoms with Crippen LogP contribution in [-0.4, -0.2) is 36.0 Å². The maximum atomic E-state index is 11.5. The topological polar surface area (TPSA) is 32.3 Å². The van der Waals surface area contributed by atoms with Crippen molar-refractivity contribution in [2.75, 3.05) is 13.1 Å². The van der Waals surface area contributed by atoms with Gasteiger partial charge in [0.15, 0.2) is 0 Å². The van der Waals surface area contributed by atoms with Gasteiger partial charge < -0.3 is 5.32 Å². The highest BCUT2D eigenvalue weighted by Gasteiger charge is 2.29. The first-order valence-corrected chi connectivity index (χ1v) is 6.97. The van der Waals surface area contributed by atoms with Crippen LogP contribution in [0, 0.1) is 0 Å². The number of rotatable bonds is 3. The lowest BCUT2D eigenvalue weighted by molar-refractivity contribution is -0.117. The molecule has 2 aliphatic rings. The fourth-order valence-electron chi connectivity index (χ4n) is 3.08. The van der Waals surface area contributed by atoms with Crippen molar-refractivity contribution in [3.05, 3.63) is 12.2 Å². The van der Waals surface area contributed by atoms with Crippen LogP contribution in [0.2, 0.25) is 0 Å². The minimum absolute atomic E-state index is 0.0583. The zero-order valence-electron chi connectivity index (χ0n) is 10.8. The molecule has 2 rings (SSSR count). The van der Waals surface area contributed by atoms with E-state index < -0.39 is 0 Å². The van der Waals surface area contributed by atoms with Crippen molar-refractivity contribution in [2.24, 2.45) is 0 Å². The standard InChI is InChI=1S/C14H24N2O/c1-2-6-14(17)15-12-9-10-16(11-12)13-7-4-3-5-8-13/h2,6,12-13H,3-5,7-11H2,1H3,(H,15,17)/b6-2+. The van der Waals surface area contributed by atoms with Crippen molar-refractivity contribution in [3.8, 4) is 0 Å². The monoisotopic (exact) mass is 236 g/mol. The quantitative estimate of drug-likeness (QED) is 0.761. The molecule has 1 aliphatic carbocycles. The molecule has 17 heavy (non-hydrogen) atoms. The van der Waals surface area contributed by atoms with Gasteiger partial charge in [0.25, 0.3) is 0 Å². The molecule has 0 radical (unpaired) electrons. The van der Waals surface area contributed by atoms with Gasteiger partial charge in [-0.15, -0.1) is 0 Å². The summed E-state index contributed by atoms with van der Waals surface area (Å²) in [5, 5.41) is 3.08. The van der Waals surface area contributed by atoms with Crippen LogP contribution in [0.3, 0.4) is 0 Å². The number of amides is 1. The number of likely N-dealkylation sites (tertiary alicyclic amines) is 1. The molecule has 1 amide bonds. The summed E-state index contributed by atoms with van der Waals surface area (Å²) in [7, 11) is 0. The van der Waals surface area contributed by atoms with E-state index in [0.29, 0.717) is 6.04 Å². The van der Waals surface area contributed by atoms with E-state index in [-0.39, 0.29) is 5.91 Å². The molecular weight excluding hydrogens is 212 g/mol. The van der Waals surface area contributed by atoms with Crippen LogP contribution in [0.1, 0.15) is 45.4 Å². The lowest BCUT2D eigenvalue weighted by atomic mass is 9.94. The van der Waals surface area contributed by atoms with E-state index in [1.807, 2.05) is 6.92 Å². The van der Waals surface area contributed by atoms with Crippen LogP contribution in [0.15, 0.2) is 12.2 Å². The number of allylic oxidation sites excluding steroid dienone is 1. The third-order valence-corrected chi connectivity index (χ3v) is 3.98. The second-order valence-corrected chi connectivity index (χ2v) is 5.28. The normalized spacial score (nSPS) is 27.7. The van der Waals surface area contributed by atoms with E-state index in [9.17, 15) is 4.79 Å². The van der Waals surface area contributed by atoms with Gasteiger partial charge in [-0.1, -0.05) is 25.3 Å². The molecule has 0 aromatic heterocycles. The zero-order chi connectivity index (χ0) is 12.1. The average Bonchev–Trinajstić information content (AvgIpc) is 2.79. The first kappa shape index (κ1) is 12.6. The average molecular weight is 236 g/mol. The van der Waals surface area contributed by atoms with Gasteiger partial charge in [0, 0.05) is 25.2 Å².